The van der Waals surface area contributed by atoms with Gasteiger partial charge >= 0.3 is 0 Å². The maximum atomic E-state index is 10.4. The molecule has 13 heavy (non-hydrogen) atoms. The second kappa shape index (κ2) is 3.08. The van der Waals surface area contributed by atoms with E-state index in [9.17, 15) is 5.11 Å². The Morgan fingerprint density at radius 1 is 1.69 bits per heavy atom. The standard InChI is InChI=1S/C10H15NOS/c1-8-5-10(12,7-11(8)2)9-3-4-13-6-9/h3-4,6,8,12H,5,7H2,1-2H3. The predicted octanol–water partition coefficient (Wildman–Crippen LogP) is 1.66. The van der Waals surface area contributed by atoms with E-state index in [-0.39, 0.29) is 0 Å². The molecule has 1 aliphatic rings. The SMILES string of the molecule is CC1CC(O)(c2ccsc2)CN1C. The second-order valence-electron chi connectivity index (χ2n) is 4.01. The van der Waals surface area contributed by atoms with Gasteiger partial charge in [0.2, 0.25) is 0 Å². The van der Waals surface area contributed by atoms with Gasteiger partial charge in [-0.3, -0.25) is 0 Å². The molecule has 1 N–H and O–H groups in total. The molecule has 1 aromatic heterocycles. The average molecular weight is 197 g/mol. The molecule has 72 valence electrons. The molecule has 2 unspecified atom stereocenters. The van der Waals surface area contributed by atoms with Crippen molar-refractivity contribution in [2.75, 3.05) is 13.6 Å². The van der Waals surface area contributed by atoms with Crippen LogP contribution in [0, 0.1) is 0 Å². The summed E-state index contributed by atoms with van der Waals surface area (Å²) in [5.74, 6) is 0. The highest BCUT2D eigenvalue weighted by Crippen LogP contribution is 2.35. The largest absolute Gasteiger partial charge is 0.384 e. The van der Waals surface area contributed by atoms with Crippen molar-refractivity contribution < 1.29 is 5.11 Å². The Kier molecular flexibility index (Phi) is 2.18. The second-order valence-corrected chi connectivity index (χ2v) is 4.79. The molecule has 0 saturated carbocycles. The lowest BCUT2D eigenvalue weighted by Gasteiger charge is -2.20. The minimum atomic E-state index is -0.603. The van der Waals surface area contributed by atoms with E-state index in [0.717, 1.165) is 18.5 Å². The number of likely N-dealkylation sites (tertiary alicyclic amines) is 1. The fourth-order valence-corrected chi connectivity index (χ4v) is 2.76. The van der Waals surface area contributed by atoms with Gasteiger partial charge in [-0.1, -0.05) is 0 Å². The highest BCUT2D eigenvalue weighted by Gasteiger charge is 2.40. The van der Waals surface area contributed by atoms with Crippen LogP contribution in [0.1, 0.15) is 18.9 Å². The van der Waals surface area contributed by atoms with Gasteiger partial charge in [0.15, 0.2) is 0 Å². The average Bonchev–Trinajstić information content (AvgIpc) is 2.61. The molecule has 0 radical (unpaired) electrons. The summed E-state index contributed by atoms with van der Waals surface area (Å²) in [7, 11) is 2.06. The van der Waals surface area contributed by atoms with Crippen LogP contribution >= 0.6 is 11.3 Å². The quantitative estimate of drug-likeness (QED) is 0.740. The van der Waals surface area contributed by atoms with E-state index in [2.05, 4.69) is 18.9 Å². The minimum absolute atomic E-state index is 0.477. The summed E-state index contributed by atoms with van der Waals surface area (Å²) in [5, 5.41) is 14.4. The van der Waals surface area contributed by atoms with Crippen LogP contribution in [0.25, 0.3) is 0 Å². The lowest BCUT2D eigenvalue weighted by atomic mass is 9.94. The first-order valence-electron chi connectivity index (χ1n) is 4.57. The molecule has 2 atom stereocenters. The van der Waals surface area contributed by atoms with Gasteiger partial charge < -0.3 is 10.0 Å². The molecule has 3 heteroatoms. The Morgan fingerprint density at radius 2 is 2.46 bits per heavy atom. The zero-order valence-electron chi connectivity index (χ0n) is 8.03. The van der Waals surface area contributed by atoms with Crippen molar-refractivity contribution >= 4 is 11.3 Å². The summed E-state index contributed by atoms with van der Waals surface area (Å²) >= 11 is 1.65. The molecule has 2 heterocycles. The van der Waals surface area contributed by atoms with Gasteiger partial charge in [-0.15, -0.1) is 0 Å². The van der Waals surface area contributed by atoms with Gasteiger partial charge in [0.25, 0.3) is 0 Å². The topological polar surface area (TPSA) is 23.5 Å². The Bertz CT molecular complexity index is 273. The fraction of sp³-hybridized carbons (Fsp3) is 0.600. The molecule has 1 aromatic rings. The Hall–Kier alpha value is -0.380. The van der Waals surface area contributed by atoms with E-state index in [0.29, 0.717) is 6.04 Å². The molecular weight excluding hydrogens is 182 g/mol. The first-order chi connectivity index (χ1) is 6.12. The van der Waals surface area contributed by atoms with Gasteiger partial charge in [0.1, 0.15) is 5.60 Å². The summed E-state index contributed by atoms with van der Waals surface area (Å²) < 4.78 is 0. The normalized spacial score (nSPS) is 35.5. The Morgan fingerprint density at radius 3 is 2.92 bits per heavy atom. The molecule has 2 rings (SSSR count). The summed E-state index contributed by atoms with van der Waals surface area (Å²) in [6.45, 7) is 2.91. The van der Waals surface area contributed by atoms with Crippen molar-refractivity contribution in [1.82, 2.24) is 4.90 Å². The first kappa shape index (κ1) is 9.19. The zero-order valence-corrected chi connectivity index (χ0v) is 8.84. The monoisotopic (exact) mass is 197 g/mol. The first-order valence-corrected chi connectivity index (χ1v) is 5.51. The third-order valence-corrected chi connectivity index (χ3v) is 3.64. The molecule has 0 aromatic carbocycles. The van der Waals surface area contributed by atoms with Crippen LogP contribution in [0.15, 0.2) is 16.8 Å². The number of β-amino-alcohol motifs (C(OH)–C–C–N with tert-alkyl or cyclic N) is 1. The van der Waals surface area contributed by atoms with Crippen molar-refractivity contribution in [2.45, 2.75) is 25.0 Å². The highest BCUT2D eigenvalue weighted by atomic mass is 32.1. The summed E-state index contributed by atoms with van der Waals surface area (Å²) in [5.41, 5.74) is 0.474. The third kappa shape index (κ3) is 1.52. The van der Waals surface area contributed by atoms with Crippen LogP contribution in [0.3, 0.4) is 0 Å². The number of rotatable bonds is 1. The molecule has 0 bridgehead atoms. The van der Waals surface area contributed by atoms with E-state index in [1.54, 1.807) is 11.3 Å². The molecular formula is C10H15NOS. The number of nitrogens with zero attached hydrogens (tertiary/aromatic N) is 1. The molecule has 1 saturated heterocycles. The smallest absolute Gasteiger partial charge is 0.105 e. The van der Waals surface area contributed by atoms with Crippen LogP contribution in [0.2, 0.25) is 0 Å². The molecule has 0 aliphatic carbocycles. The van der Waals surface area contributed by atoms with Gasteiger partial charge in [0.05, 0.1) is 0 Å². The number of hydrogen-bond donors (Lipinski definition) is 1. The van der Waals surface area contributed by atoms with Gasteiger partial charge in [-0.25, -0.2) is 0 Å². The van der Waals surface area contributed by atoms with Gasteiger partial charge in [-0.2, -0.15) is 11.3 Å². The number of aliphatic hydroxyl groups is 1. The van der Waals surface area contributed by atoms with Crippen LogP contribution in [0.5, 0.6) is 0 Å². The molecule has 2 nitrogen and oxygen atoms in total. The third-order valence-electron chi connectivity index (χ3n) is 2.96. The van der Waals surface area contributed by atoms with Crippen molar-refractivity contribution in [3.63, 3.8) is 0 Å². The summed E-state index contributed by atoms with van der Waals surface area (Å²) in [6.07, 6.45) is 0.847. The minimum Gasteiger partial charge on any atom is -0.384 e. The van der Waals surface area contributed by atoms with Crippen LogP contribution in [-0.4, -0.2) is 29.6 Å². The molecule has 1 fully saturated rings. The van der Waals surface area contributed by atoms with E-state index < -0.39 is 5.60 Å². The highest BCUT2D eigenvalue weighted by molar-refractivity contribution is 7.08. The van der Waals surface area contributed by atoms with E-state index >= 15 is 0 Å². The predicted molar refractivity (Wildman–Crippen MR) is 54.9 cm³/mol. The van der Waals surface area contributed by atoms with Crippen LogP contribution in [0.4, 0.5) is 0 Å². The number of likely N-dealkylation sites (N-methyl/N-ethyl adjacent to an activating group) is 1. The zero-order chi connectivity index (χ0) is 9.47. The number of thiophene rings is 1. The van der Waals surface area contributed by atoms with Crippen LogP contribution < -0.4 is 0 Å². The molecule has 1 aliphatic heterocycles. The van der Waals surface area contributed by atoms with Crippen LogP contribution in [-0.2, 0) is 5.60 Å². The fourth-order valence-electron chi connectivity index (χ4n) is 2.02. The lowest BCUT2D eigenvalue weighted by Crippen LogP contribution is -2.28. The van der Waals surface area contributed by atoms with Crippen molar-refractivity contribution in [3.05, 3.63) is 22.4 Å². The van der Waals surface area contributed by atoms with Crippen molar-refractivity contribution in [3.8, 4) is 0 Å². The maximum absolute atomic E-state index is 10.4. The van der Waals surface area contributed by atoms with E-state index in [4.69, 9.17) is 0 Å². The summed E-state index contributed by atoms with van der Waals surface area (Å²) in [4.78, 5) is 2.21. The van der Waals surface area contributed by atoms with Gasteiger partial charge in [-0.05, 0) is 42.8 Å². The lowest BCUT2D eigenvalue weighted by molar-refractivity contribution is 0.0490. The van der Waals surface area contributed by atoms with E-state index in [1.807, 2.05) is 16.8 Å². The van der Waals surface area contributed by atoms with E-state index in [1.165, 1.54) is 0 Å². The van der Waals surface area contributed by atoms with Gasteiger partial charge in [0, 0.05) is 12.6 Å². The van der Waals surface area contributed by atoms with Crippen molar-refractivity contribution in [1.29, 1.82) is 0 Å². The number of hydrogen-bond acceptors (Lipinski definition) is 3. The Labute approximate surface area is 82.8 Å². The van der Waals surface area contributed by atoms with Crippen molar-refractivity contribution in [2.24, 2.45) is 0 Å². The maximum Gasteiger partial charge on any atom is 0.105 e. The molecule has 0 spiro atoms. The molecule has 0 amide bonds. The summed E-state index contributed by atoms with van der Waals surface area (Å²) in [6, 6.07) is 2.50. The Balaban J connectivity index is 2.24.